The zero-order chi connectivity index (χ0) is 19.3. The lowest BCUT2D eigenvalue weighted by Gasteiger charge is -2.36. The summed E-state index contributed by atoms with van der Waals surface area (Å²) in [5, 5.41) is 7.17. The molecule has 1 spiro atoms. The average molecular weight is 390 g/mol. The molecule has 2 unspecified atom stereocenters. The van der Waals surface area contributed by atoms with Gasteiger partial charge in [-0.2, -0.15) is 0 Å². The van der Waals surface area contributed by atoms with Crippen LogP contribution >= 0.6 is 11.8 Å². The number of amides is 1. The van der Waals surface area contributed by atoms with Gasteiger partial charge in [0.1, 0.15) is 0 Å². The molecule has 27 heavy (non-hydrogen) atoms. The van der Waals surface area contributed by atoms with E-state index in [0.29, 0.717) is 11.5 Å². The minimum absolute atomic E-state index is 0.140. The second kappa shape index (κ2) is 8.87. The van der Waals surface area contributed by atoms with Crippen LogP contribution in [-0.2, 0) is 4.79 Å². The van der Waals surface area contributed by atoms with Gasteiger partial charge in [-0.1, -0.05) is 32.4 Å². The molecule has 3 rings (SSSR count). The molecule has 0 radical (unpaired) electrons. The van der Waals surface area contributed by atoms with Gasteiger partial charge in [-0.05, 0) is 75.6 Å². The molecule has 2 fully saturated rings. The number of benzene rings is 1. The number of para-hydroxylation sites is 1. The van der Waals surface area contributed by atoms with Crippen molar-refractivity contribution in [3.63, 3.8) is 0 Å². The maximum atomic E-state index is 12.6. The number of primary amides is 1. The third kappa shape index (κ3) is 4.62. The maximum absolute atomic E-state index is 12.6. The zero-order valence-electron chi connectivity index (χ0n) is 16.9. The maximum Gasteiger partial charge on any atom is 0.234 e. The number of rotatable bonds is 8. The van der Waals surface area contributed by atoms with Gasteiger partial charge in [0, 0.05) is 16.6 Å². The molecule has 0 aromatic heterocycles. The Hall–Kier alpha value is -1.20. The molecule has 1 saturated heterocycles. The molecule has 1 saturated carbocycles. The Labute approximate surface area is 168 Å². The molecular weight excluding hydrogens is 354 g/mol. The molecule has 2 aliphatic rings. The summed E-state index contributed by atoms with van der Waals surface area (Å²) in [6.45, 7) is 6.58. The highest BCUT2D eigenvalue weighted by molar-refractivity contribution is 8.01. The van der Waals surface area contributed by atoms with Crippen LogP contribution in [0.25, 0.3) is 0 Å². The molecule has 1 amide bonds. The number of piperidine rings is 1. The summed E-state index contributed by atoms with van der Waals surface area (Å²) < 4.78 is -0.471. The molecule has 1 aliphatic heterocycles. The molecule has 2 atom stereocenters. The third-order valence-electron chi connectivity index (χ3n) is 6.51. The van der Waals surface area contributed by atoms with Crippen LogP contribution in [0, 0.1) is 5.41 Å². The third-order valence-corrected chi connectivity index (χ3v) is 8.03. The van der Waals surface area contributed by atoms with Gasteiger partial charge < -0.3 is 16.4 Å². The molecule has 150 valence electrons. The van der Waals surface area contributed by atoms with Crippen LogP contribution in [0.15, 0.2) is 29.2 Å². The predicted octanol–water partition coefficient (Wildman–Crippen LogP) is 4.55. The zero-order valence-corrected chi connectivity index (χ0v) is 17.7. The Morgan fingerprint density at radius 2 is 1.96 bits per heavy atom. The van der Waals surface area contributed by atoms with Crippen molar-refractivity contribution in [3.8, 4) is 0 Å². The van der Waals surface area contributed by atoms with Crippen molar-refractivity contribution < 1.29 is 4.79 Å². The summed E-state index contributed by atoms with van der Waals surface area (Å²) in [6, 6.07) is 8.90. The quantitative estimate of drug-likeness (QED) is 0.610. The van der Waals surface area contributed by atoms with Gasteiger partial charge >= 0.3 is 0 Å². The van der Waals surface area contributed by atoms with Gasteiger partial charge in [-0.3, -0.25) is 4.79 Å². The average Bonchev–Trinajstić information content (AvgIpc) is 3.02. The van der Waals surface area contributed by atoms with E-state index in [2.05, 4.69) is 48.7 Å². The summed E-state index contributed by atoms with van der Waals surface area (Å²) in [5.74, 6) is -0.140. The van der Waals surface area contributed by atoms with E-state index >= 15 is 0 Å². The van der Waals surface area contributed by atoms with E-state index in [9.17, 15) is 4.79 Å². The SMILES string of the molecule is CCCC(CC)Nc1ccccc1SC1(C(N)=O)CCC2(CCNCC2)C1. The van der Waals surface area contributed by atoms with Crippen molar-refractivity contribution in [3.05, 3.63) is 24.3 Å². The van der Waals surface area contributed by atoms with Crippen molar-refractivity contribution in [2.75, 3.05) is 18.4 Å². The fourth-order valence-corrected chi connectivity index (χ4v) is 6.30. The van der Waals surface area contributed by atoms with Crippen LogP contribution in [0.2, 0.25) is 0 Å². The van der Waals surface area contributed by atoms with Crippen LogP contribution in [0.4, 0.5) is 5.69 Å². The van der Waals surface area contributed by atoms with E-state index in [1.54, 1.807) is 11.8 Å². The summed E-state index contributed by atoms with van der Waals surface area (Å²) in [4.78, 5) is 13.8. The first kappa shape index (κ1) is 20.5. The minimum atomic E-state index is -0.471. The highest BCUT2D eigenvalue weighted by Crippen LogP contribution is 2.57. The van der Waals surface area contributed by atoms with Crippen molar-refractivity contribution in [2.45, 2.75) is 80.9 Å². The van der Waals surface area contributed by atoms with Crippen molar-refractivity contribution >= 4 is 23.4 Å². The Morgan fingerprint density at radius 3 is 2.63 bits per heavy atom. The molecule has 4 nitrogen and oxygen atoms in total. The van der Waals surface area contributed by atoms with Crippen LogP contribution < -0.4 is 16.4 Å². The standard InChI is InChI=1S/C22H35N3OS/c1-3-7-17(4-2)25-18-8-5-6-9-19(18)27-22(20(23)26)11-10-21(16-22)12-14-24-15-13-21/h5-6,8-9,17,24-25H,3-4,7,10-16H2,1-2H3,(H2,23,26). The number of nitrogens with one attached hydrogen (secondary N) is 2. The first-order chi connectivity index (χ1) is 13.0. The molecule has 4 N–H and O–H groups in total. The first-order valence-corrected chi connectivity index (χ1v) is 11.4. The number of hydrogen-bond donors (Lipinski definition) is 3. The highest BCUT2D eigenvalue weighted by atomic mass is 32.2. The monoisotopic (exact) mass is 389 g/mol. The summed E-state index contributed by atoms with van der Waals surface area (Å²) in [7, 11) is 0. The van der Waals surface area contributed by atoms with Gasteiger partial charge in [0.2, 0.25) is 5.91 Å². The fourth-order valence-electron chi connectivity index (χ4n) is 4.81. The molecule has 5 heteroatoms. The van der Waals surface area contributed by atoms with E-state index in [0.717, 1.165) is 68.6 Å². The van der Waals surface area contributed by atoms with E-state index in [4.69, 9.17) is 5.73 Å². The lowest BCUT2D eigenvalue weighted by Crippen LogP contribution is -2.42. The number of hydrogen-bond acceptors (Lipinski definition) is 4. The lowest BCUT2D eigenvalue weighted by molar-refractivity contribution is -0.120. The Morgan fingerprint density at radius 1 is 1.22 bits per heavy atom. The normalized spacial score (nSPS) is 25.4. The van der Waals surface area contributed by atoms with Crippen molar-refractivity contribution in [1.29, 1.82) is 0 Å². The van der Waals surface area contributed by atoms with E-state index in [-0.39, 0.29) is 5.91 Å². The Kier molecular flexibility index (Phi) is 6.74. The predicted molar refractivity (Wildman–Crippen MR) is 115 cm³/mol. The van der Waals surface area contributed by atoms with E-state index in [1.807, 2.05) is 0 Å². The second-order valence-electron chi connectivity index (χ2n) is 8.42. The van der Waals surface area contributed by atoms with Gasteiger partial charge in [0.05, 0.1) is 4.75 Å². The van der Waals surface area contributed by atoms with Crippen LogP contribution in [0.1, 0.15) is 65.2 Å². The smallest absolute Gasteiger partial charge is 0.234 e. The molecular formula is C22H35N3OS. The molecule has 1 aliphatic carbocycles. The number of carbonyl (C=O) groups is 1. The number of carbonyl (C=O) groups excluding carboxylic acids is 1. The molecule has 1 heterocycles. The number of nitrogens with two attached hydrogens (primary N) is 1. The molecule has 1 aromatic carbocycles. The van der Waals surface area contributed by atoms with Crippen LogP contribution in [0.5, 0.6) is 0 Å². The largest absolute Gasteiger partial charge is 0.381 e. The van der Waals surface area contributed by atoms with Gasteiger partial charge in [-0.15, -0.1) is 11.8 Å². The summed E-state index contributed by atoms with van der Waals surface area (Å²) in [6.07, 6.45) is 8.69. The van der Waals surface area contributed by atoms with Gasteiger partial charge in [0.15, 0.2) is 0 Å². The Balaban J connectivity index is 1.81. The van der Waals surface area contributed by atoms with Crippen LogP contribution in [0.3, 0.4) is 0 Å². The second-order valence-corrected chi connectivity index (χ2v) is 9.85. The number of thioether (sulfide) groups is 1. The molecule has 0 bridgehead atoms. The first-order valence-electron chi connectivity index (χ1n) is 10.6. The van der Waals surface area contributed by atoms with E-state index in [1.165, 1.54) is 6.42 Å². The fraction of sp³-hybridized carbons (Fsp3) is 0.682. The van der Waals surface area contributed by atoms with Crippen molar-refractivity contribution in [2.24, 2.45) is 11.1 Å². The van der Waals surface area contributed by atoms with Crippen LogP contribution in [-0.4, -0.2) is 29.8 Å². The van der Waals surface area contributed by atoms with Gasteiger partial charge in [0.25, 0.3) is 0 Å². The highest BCUT2D eigenvalue weighted by Gasteiger charge is 2.52. The minimum Gasteiger partial charge on any atom is -0.381 e. The van der Waals surface area contributed by atoms with E-state index < -0.39 is 4.75 Å². The number of anilines is 1. The Bertz CT molecular complexity index is 644. The van der Waals surface area contributed by atoms with Crippen molar-refractivity contribution in [1.82, 2.24) is 5.32 Å². The topological polar surface area (TPSA) is 67.1 Å². The van der Waals surface area contributed by atoms with Gasteiger partial charge in [-0.25, -0.2) is 0 Å². The summed E-state index contributed by atoms with van der Waals surface area (Å²) >= 11 is 1.71. The lowest BCUT2D eigenvalue weighted by atomic mass is 9.77. The summed E-state index contributed by atoms with van der Waals surface area (Å²) in [5.41, 5.74) is 7.44. The molecule has 1 aromatic rings.